The third-order valence-corrected chi connectivity index (χ3v) is 4.78. The molecule has 1 N–H and O–H groups in total. The van der Waals surface area contributed by atoms with Crippen LogP contribution in [0.15, 0.2) is 54.6 Å². The first-order valence-electron chi connectivity index (χ1n) is 8.62. The molecule has 0 spiro atoms. The minimum absolute atomic E-state index is 0.0134. The lowest BCUT2D eigenvalue weighted by molar-refractivity contribution is -0.139. The summed E-state index contributed by atoms with van der Waals surface area (Å²) < 4.78 is 5.62. The second-order valence-corrected chi connectivity index (χ2v) is 6.52. The molecule has 4 nitrogen and oxygen atoms in total. The lowest BCUT2D eigenvalue weighted by Gasteiger charge is -2.37. The monoisotopic (exact) mass is 358 g/mol. The Kier molecular flexibility index (Phi) is 6.45. The van der Waals surface area contributed by atoms with Gasteiger partial charge in [0.1, 0.15) is 6.61 Å². The van der Waals surface area contributed by atoms with Gasteiger partial charge in [-0.05, 0) is 23.6 Å². The van der Waals surface area contributed by atoms with E-state index in [4.69, 9.17) is 16.3 Å². The van der Waals surface area contributed by atoms with Gasteiger partial charge in [0.2, 0.25) is 5.91 Å². The zero-order chi connectivity index (χ0) is 17.5. The maximum Gasteiger partial charge on any atom is 0.249 e. The summed E-state index contributed by atoms with van der Waals surface area (Å²) >= 11 is 6.33. The Hall–Kier alpha value is -1.88. The highest BCUT2D eigenvalue weighted by Crippen LogP contribution is 2.28. The minimum Gasteiger partial charge on any atom is -0.371 e. The van der Waals surface area contributed by atoms with Gasteiger partial charge in [-0.3, -0.25) is 4.79 Å². The fourth-order valence-corrected chi connectivity index (χ4v) is 3.36. The molecule has 1 heterocycles. The summed E-state index contributed by atoms with van der Waals surface area (Å²) in [4.78, 5) is 14.5. The molecule has 1 unspecified atom stereocenters. The topological polar surface area (TPSA) is 41.6 Å². The summed E-state index contributed by atoms with van der Waals surface area (Å²) in [5.74, 6) is 0.0134. The molecule has 132 valence electrons. The Labute approximate surface area is 153 Å². The zero-order valence-electron chi connectivity index (χ0n) is 14.2. The normalized spacial score (nSPS) is 17.5. The van der Waals surface area contributed by atoms with Crippen LogP contribution in [0.2, 0.25) is 5.02 Å². The number of halogens is 1. The van der Waals surface area contributed by atoms with Crippen LogP contribution < -0.4 is 5.32 Å². The molecule has 2 aromatic rings. The van der Waals surface area contributed by atoms with Crippen molar-refractivity contribution >= 4 is 17.5 Å². The lowest BCUT2D eigenvalue weighted by atomic mass is 10.0. The first kappa shape index (κ1) is 17.9. The molecule has 0 radical (unpaired) electrons. The Balaban J connectivity index is 1.55. The quantitative estimate of drug-likeness (QED) is 0.807. The average molecular weight is 359 g/mol. The number of carbonyl (C=O) groups is 1. The van der Waals surface area contributed by atoms with Crippen molar-refractivity contribution in [1.29, 1.82) is 0 Å². The smallest absolute Gasteiger partial charge is 0.249 e. The van der Waals surface area contributed by atoms with E-state index in [1.807, 2.05) is 47.4 Å². The van der Waals surface area contributed by atoms with Crippen molar-refractivity contribution in [1.82, 2.24) is 10.2 Å². The number of amides is 1. The molecule has 1 amide bonds. The third kappa shape index (κ3) is 4.82. The molecular formula is C20H23ClN2O2. The van der Waals surface area contributed by atoms with E-state index in [0.29, 0.717) is 24.7 Å². The summed E-state index contributed by atoms with van der Waals surface area (Å²) in [6.45, 7) is 2.80. The van der Waals surface area contributed by atoms with Crippen LogP contribution in [0.4, 0.5) is 0 Å². The van der Waals surface area contributed by atoms with Crippen molar-refractivity contribution in [2.75, 3.05) is 32.8 Å². The van der Waals surface area contributed by atoms with E-state index in [2.05, 4.69) is 17.4 Å². The van der Waals surface area contributed by atoms with Crippen LogP contribution in [0, 0.1) is 0 Å². The summed E-state index contributed by atoms with van der Waals surface area (Å²) in [7, 11) is 0. The first-order valence-corrected chi connectivity index (χ1v) is 9.00. The highest BCUT2D eigenvalue weighted by atomic mass is 35.5. The van der Waals surface area contributed by atoms with Crippen molar-refractivity contribution < 1.29 is 9.53 Å². The fourth-order valence-electron chi connectivity index (χ4n) is 3.10. The number of carbonyl (C=O) groups excluding carboxylic acids is 1. The first-order chi connectivity index (χ1) is 12.3. The molecule has 1 fully saturated rings. The molecule has 2 aromatic carbocycles. The largest absolute Gasteiger partial charge is 0.371 e. The van der Waals surface area contributed by atoms with Crippen LogP contribution >= 0.6 is 11.6 Å². The van der Waals surface area contributed by atoms with E-state index in [9.17, 15) is 4.79 Å². The number of benzene rings is 2. The van der Waals surface area contributed by atoms with Crippen molar-refractivity contribution in [2.24, 2.45) is 0 Å². The lowest BCUT2D eigenvalue weighted by Crippen LogP contribution is -2.49. The number of rotatable bonds is 6. The molecule has 0 aromatic heterocycles. The van der Waals surface area contributed by atoms with Gasteiger partial charge in [0, 0.05) is 24.7 Å². The van der Waals surface area contributed by atoms with Gasteiger partial charge in [-0.1, -0.05) is 60.1 Å². The van der Waals surface area contributed by atoms with E-state index in [1.54, 1.807) is 0 Å². The highest BCUT2D eigenvalue weighted by Gasteiger charge is 2.28. The van der Waals surface area contributed by atoms with Crippen molar-refractivity contribution in [2.45, 2.75) is 12.5 Å². The molecule has 1 aliphatic heterocycles. The van der Waals surface area contributed by atoms with Crippen LogP contribution in [0.1, 0.15) is 17.2 Å². The molecule has 1 saturated heterocycles. The maximum absolute atomic E-state index is 12.6. The van der Waals surface area contributed by atoms with Gasteiger partial charge in [0.25, 0.3) is 0 Å². The molecule has 1 aliphatic rings. The van der Waals surface area contributed by atoms with Gasteiger partial charge in [-0.15, -0.1) is 0 Å². The number of piperazine rings is 1. The van der Waals surface area contributed by atoms with Crippen LogP contribution in [-0.4, -0.2) is 43.7 Å². The molecule has 0 aliphatic carbocycles. The van der Waals surface area contributed by atoms with Crippen molar-refractivity contribution in [3.63, 3.8) is 0 Å². The predicted octanol–water partition coefficient (Wildman–Crippen LogP) is 3.07. The van der Waals surface area contributed by atoms with E-state index >= 15 is 0 Å². The predicted molar refractivity (Wildman–Crippen MR) is 99.7 cm³/mol. The standard InChI is InChI=1S/C20H23ClN2O2/c21-18-9-5-4-8-17(18)19-14-22-11-12-23(19)20(24)15-25-13-10-16-6-2-1-3-7-16/h1-9,19,22H,10-15H2. The van der Waals surface area contributed by atoms with Crippen LogP contribution in [0.5, 0.6) is 0 Å². The van der Waals surface area contributed by atoms with Gasteiger partial charge in [-0.25, -0.2) is 0 Å². The summed E-state index contributed by atoms with van der Waals surface area (Å²) in [5, 5.41) is 4.03. The van der Waals surface area contributed by atoms with Crippen molar-refractivity contribution in [3.8, 4) is 0 Å². The van der Waals surface area contributed by atoms with Gasteiger partial charge in [-0.2, -0.15) is 0 Å². The Morgan fingerprint density at radius 2 is 1.92 bits per heavy atom. The van der Waals surface area contributed by atoms with E-state index in [-0.39, 0.29) is 18.6 Å². The Morgan fingerprint density at radius 1 is 1.16 bits per heavy atom. The Morgan fingerprint density at radius 3 is 2.72 bits per heavy atom. The SMILES string of the molecule is O=C(COCCc1ccccc1)N1CCNCC1c1ccccc1Cl. The fraction of sp³-hybridized carbons (Fsp3) is 0.350. The number of hydrogen-bond donors (Lipinski definition) is 1. The van der Waals surface area contributed by atoms with Crippen LogP contribution in [0.25, 0.3) is 0 Å². The third-order valence-electron chi connectivity index (χ3n) is 4.43. The number of nitrogens with one attached hydrogen (secondary N) is 1. The summed E-state index contributed by atoms with van der Waals surface area (Å²) in [6.07, 6.45) is 0.809. The molecule has 0 saturated carbocycles. The van der Waals surface area contributed by atoms with Crippen molar-refractivity contribution in [3.05, 3.63) is 70.7 Å². The molecule has 5 heteroatoms. The molecular weight excluding hydrogens is 336 g/mol. The highest BCUT2D eigenvalue weighted by molar-refractivity contribution is 6.31. The summed E-state index contributed by atoms with van der Waals surface area (Å²) in [5.41, 5.74) is 2.19. The number of hydrogen-bond acceptors (Lipinski definition) is 3. The van der Waals surface area contributed by atoms with Gasteiger partial charge >= 0.3 is 0 Å². The van der Waals surface area contributed by atoms with Gasteiger partial charge < -0.3 is 15.0 Å². The van der Waals surface area contributed by atoms with E-state index < -0.39 is 0 Å². The average Bonchev–Trinajstić information content (AvgIpc) is 2.66. The van der Waals surface area contributed by atoms with Gasteiger partial charge in [0.05, 0.1) is 12.6 Å². The van der Waals surface area contributed by atoms with E-state index in [0.717, 1.165) is 18.5 Å². The molecule has 3 rings (SSSR count). The number of nitrogens with zero attached hydrogens (tertiary/aromatic N) is 1. The maximum atomic E-state index is 12.6. The number of ether oxygens (including phenoxy) is 1. The second-order valence-electron chi connectivity index (χ2n) is 6.12. The Bertz CT molecular complexity index is 693. The van der Waals surface area contributed by atoms with Crippen LogP contribution in [-0.2, 0) is 16.0 Å². The summed E-state index contributed by atoms with van der Waals surface area (Å²) in [6, 6.07) is 17.8. The molecule has 25 heavy (non-hydrogen) atoms. The van der Waals surface area contributed by atoms with Crippen LogP contribution in [0.3, 0.4) is 0 Å². The van der Waals surface area contributed by atoms with Gasteiger partial charge in [0.15, 0.2) is 0 Å². The minimum atomic E-state index is -0.0485. The molecule has 0 bridgehead atoms. The second kappa shape index (κ2) is 8.99. The van der Waals surface area contributed by atoms with E-state index in [1.165, 1.54) is 5.56 Å². The molecule has 1 atom stereocenters. The zero-order valence-corrected chi connectivity index (χ0v) is 14.9.